The van der Waals surface area contributed by atoms with Crippen molar-refractivity contribution in [2.45, 2.75) is 40.3 Å². The smallest absolute Gasteiger partial charge is 0.110 e. The van der Waals surface area contributed by atoms with Crippen molar-refractivity contribution in [1.82, 2.24) is 9.88 Å². The van der Waals surface area contributed by atoms with Crippen LogP contribution in [0.3, 0.4) is 0 Å². The van der Waals surface area contributed by atoms with Gasteiger partial charge < -0.3 is 0 Å². The Balaban J connectivity index is 0.000000921. The van der Waals surface area contributed by atoms with E-state index in [-0.39, 0.29) is 0 Å². The summed E-state index contributed by atoms with van der Waals surface area (Å²) in [5.41, 5.74) is 1.23. The maximum Gasteiger partial charge on any atom is 0.110 e. The average molecular weight is 273 g/mol. The Morgan fingerprint density at radius 3 is 2.47 bits per heavy atom. The van der Waals surface area contributed by atoms with Crippen LogP contribution in [0.1, 0.15) is 33.3 Å². The zero-order valence-corrected chi connectivity index (χ0v) is 11.9. The molecule has 86 valence electrons. The molecule has 15 heavy (non-hydrogen) atoms. The van der Waals surface area contributed by atoms with Gasteiger partial charge in [-0.2, -0.15) is 0 Å². The lowest BCUT2D eigenvalue weighted by Crippen LogP contribution is -2.25. The predicted octanol–water partition coefficient (Wildman–Crippen LogP) is 3.71. The third-order valence-corrected chi connectivity index (χ3v) is 2.85. The Morgan fingerprint density at radius 2 is 2.00 bits per heavy atom. The average Bonchev–Trinajstić information content (AvgIpc) is 2.24. The molecule has 1 rings (SSSR count). The number of halogens is 1. The Morgan fingerprint density at radius 1 is 1.40 bits per heavy atom. The van der Waals surface area contributed by atoms with Crippen LogP contribution in [0, 0.1) is 0 Å². The highest BCUT2D eigenvalue weighted by Crippen LogP contribution is 2.14. The molecule has 0 amide bonds. The largest absolute Gasteiger partial charge is 0.300 e. The fourth-order valence-electron chi connectivity index (χ4n) is 0.989. The van der Waals surface area contributed by atoms with Crippen molar-refractivity contribution < 1.29 is 0 Å². The van der Waals surface area contributed by atoms with E-state index >= 15 is 0 Å². The van der Waals surface area contributed by atoms with Gasteiger partial charge in [0.1, 0.15) is 4.60 Å². The first kappa shape index (κ1) is 14.6. The third-order valence-electron chi connectivity index (χ3n) is 2.14. The van der Waals surface area contributed by atoms with E-state index < -0.39 is 0 Å². The Bertz CT molecular complexity index is 274. The van der Waals surface area contributed by atoms with Crippen molar-refractivity contribution in [3.8, 4) is 0 Å². The summed E-state index contributed by atoms with van der Waals surface area (Å²) in [4.78, 5) is 6.46. The van der Waals surface area contributed by atoms with E-state index in [1.807, 2.05) is 19.9 Å². The molecule has 0 atom stereocenters. The van der Waals surface area contributed by atoms with Crippen LogP contribution in [-0.2, 0) is 6.54 Å². The molecule has 1 aromatic heterocycles. The van der Waals surface area contributed by atoms with Gasteiger partial charge in [0.05, 0.1) is 0 Å². The van der Waals surface area contributed by atoms with Gasteiger partial charge in [-0.15, -0.1) is 0 Å². The highest BCUT2D eigenvalue weighted by atomic mass is 79.9. The van der Waals surface area contributed by atoms with Gasteiger partial charge in [-0.05, 0) is 48.5 Å². The lowest BCUT2D eigenvalue weighted by atomic mass is 10.2. The van der Waals surface area contributed by atoms with Gasteiger partial charge in [-0.3, -0.25) is 4.90 Å². The van der Waals surface area contributed by atoms with E-state index in [1.165, 1.54) is 5.56 Å². The number of hydrogen-bond donors (Lipinski definition) is 0. The maximum absolute atomic E-state index is 4.18. The van der Waals surface area contributed by atoms with E-state index in [0.29, 0.717) is 6.04 Å². The summed E-state index contributed by atoms with van der Waals surface area (Å²) in [5, 5.41) is 0. The standard InChI is InChI=1S/C10H15BrN2.C2H6/c1-8(2)13(3)7-9-5-4-6-12-10(9)11;1-2/h4-6,8H,7H2,1-3H3;1-2H3. The molecule has 0 saturated carbocycles. The summed E-state index contributed by atoms with van der Waals surface area (Å²) in [6.45, 7) is 9.31. The first-order valence-electron chi connectivity index (χ1n) is 5.41. The van der Waals surface area contributed by atoms with E-state index in [0.717, 1.165) is 11.1 Å². The number of nitrogens with zero attached hydrogens (tertiary/aromatic N) is 2. The first-order chi connectivity index (χ1) is 7.11. The molecule has 0 aliphatic heterocycles. The third kappa shape index (κ3) is 5.28. The molecule has 0 radical (unpaired) electrons. The minimum Gasteiger partial charge on any atom is -0.300 e. The minimum absolute atomic E-state index is 0.562. The summed E-state index contributed by atoms with van der Waals surface area (Å²) in [6, 6.07) is 4.62. The van der Waals surface area contributed by atoms with Crippen molar-refractivity contribution in [2.75, 3.05) is 7.05 Å². The molecule has 0 unspecified atom stereocenters. The minimum atomic E-state index is 0.562. The van der Waals surface area contributed by atoms with Gasteiger partial charge in [0.25, 0.3) is 0 Å². The molecule has 0 N–H and O–H groups in total. The molecule has 0 fully saturated rings. The quantitative estimate of drug-likeness (QED) is 0.780. The Labute approximate surface area is 102 Å². The lowest BCUT2D eigenvalue weighted by Gasteiger charge is -2.21. The Kier molecular flexibility index (Phi) is 7.61. The van der Waals surface area contributed by atoms with E-state index in [2.05, 4.69) is 52.8 Å². The fraction of sp³-hybridized carbons (Fsp3) is 0.583. The summed E-state index contributed by atoms with van der Waals surface area (Å²) < 4.78 is 0.947. The van der Waals surface area contributed by atoms with Crippen LogP contribution in [0.25, 0.3) is 0 Å². The summed E-state index contributed by atoms with van der Waals surface area (Å²) in [5.74, 6) is 0. The number of hydrogen-bond acceptors (Lipinski definition) is 2. The molecule has 0 aliphatic rings. The van der Waals surface area contributed by atoms with Crippen LogP contribution in [0.15, 0.2) is 22.9 Å². The van der Waals surface area contributed by atoms with Crippen LogP contribution in [0.5, 0.6) is 0 Å². The van der Waals surface area contributed by atoms with E-state index in [9.17, 15) is 0 Å². The number of pyridine rings is 1. The topological polar surface area (TPSA) is 16.1 Å². The second-order valence-corrected chi connectivity index (χ2v) is 4.21. The lowest BCUT2D eigenvalue weighted by molar-refractivity contribution is 0.265. The van der Waals surface area contributed by atoms with Crippen molar-refractivity contribution in [3.63, 3.8) is 0 Å². The van der Waals surface area contributed by atoms with Gasteiger partial charge in [0.15, 0.2) is 0 Å². The van der Waals surface area contributed by atoms with Crippen LogP contribution in [-0.4, -0.2) is 23.0 Å². The summed E-state index contributed by atoms with van der Waals surface area (Å²) in [7, 11) is 2.12. The second-order valence-electron chi connectivity index (χ2n) is 3.46. The first-order valence-corrected chi connectivity index (χ1v) is 6.20. The van der Waals surface area contributed by atoms with Crippen molar-refractivity contribution >= 4 is 15.9 Å². The van der Waals surface area contributed by atoms with Crippen LogP contribution in [0.2, 0.25) is 0 Å². The summed E-state index contributed by atoms with van der Waals surface area (Å²) in [6.07, 6.45) is 1.79. The molecule has 1 heterocycles. The van der Waals surface area contributed by atoms with Crippen LogP contribution >= 0.6 is 15.9 Å². The van der Waals surface area contributed by atoms with Crippen LogP contribution in [0.4, 0.5) is 0 Å². The maximum atomic E-state index is 4.18. The molecule has 3 heteroatoms. The highest BCUT2D eigenvalue weighted by Gasteiger charge is 2.06. The van der Waals surface area contributed by atoms with Gasteiger partial charge in [-0.25, -0.2) is 4.98 Å². The SMILES string of the molecule is CC.CC(C)N(C)Cc1cccnc1Br. The molecule has 0 saturated heterocycles. The molecule has 0 aromatic carbocycles. The van der Waals surface area contributed by atoms with Crippen molar-refractivity contribution in [1.29, 1.82) is 0 Å². The molecular formula is C12H21BrN2. The molecule has 0 aliphatic carbocycles. The zero-order chi connectivity index (χ0) is 11.8. The van der Waals surface area contributed by atoms with Crippen molar-refractivity contribution in [3.05, 3.63) is 28.5 Å². The highest BCUT2D eigenvalue weighted by molar-refractivity contribution is 9.10. The molecule has 1 aromatic rings. The summed E-state index contributed by atoms with van der Waals surface area (Å²) >= 11 is 3.44. The van der Waals surface area contributed by atoms with Gasteiger partial charge in [-0.1, -0.05) is 19.9 Å². The molecule has 0 bridgehead atoms. The van der Waals surface area contributed by atoms with E-state index in [1.54, 1.807) is 6.20 Å². The van der Waals surface area contributed by atoms with E-state index in [4.69, 9.17) is 0 Å². The van der Waals surface area contributed by atoms with Gasteiger partial charge >= 0.3 is 0 Å². The number of aromatic nitrogens is 1. The van der Waals surface area contributed by atoms with Gasteiger partial charge in [0, 0.05) is 18.8 Å². The van der Waals surface area contributed by atoms with Gasteiger partial charge in [0.2, 0.25) is 0 Å². The normalized spacial score (nSPS) is 10.1. The van der Waals surface area contributed by atoms with Crippen molar-refractivity contribution in [2.24, 2.45) is 0 Å². The molecule has 2 nitrogen and oxygen atoms in total. The molecule has 0 spiro atoms. The zero-order valence-electron chi connectivity index (χ0n) is 10.3. The second kappa shape index (κ2) is 7.83. The Hall–Kier alpha value is -0.410. The number of rotatable bonds is 3. The fourth-order valence-corrected chi connectivity index (χ4v) is 1.36. The monoisotopic (exact) mass is 272 g/mol. The molecular weight excluding hydrogens is 252 g/mol. The van der Waals surface area contributed by atoms with Crippen LogP contribution < -0.4 is 0 Å². The predicted molar refractivity (Wildman–Crippen MR) is 69.9 cm³/mol.